The van der Waals surface area contributed by atoms with Gasteiger partial charge in [0.1, 0.15) is 0 Å². The molecule has 2 saturated heterocycles. The standard InChI is InChI=1S/C12H20N4/c1-11(14-5-4-13-2)6-16-9-12(10-16)7-15(3)8-12/h4-5H,2,6-10H2,1,3H3/b5-4-,14-11-. The molecular formula is C12H20N4. The quantitative estimate of drug-likeness (QED) is 0.658. The first kappa shape index (κ1) is 11.5. The van der Waals surface area contributed by atoms with Crippen LogP contribution in [0.25, 0.3) is 0 Å². The summed E-state index contributed by atoms with van der Waals surface area (Å²) < 4.78 is 0. The third-order valence-corrected chi connectivity index (χ3v) is 3.25. The van der Waals surface area contributed by atoms with Crippen LogP contribution in [0.2, 0.25) is 0 Å². The third kappa shape index (κ3) is 2.39. The Hall–Kier alpha value is -1.00. The first-order valence-electron chi connectivity index (χ1n) is 5.69. The van der Waals surface area contributed by atoms with Gasteiger partial charge in [0.25, 0.3) is 0 Å². The van der Waals surface area contributed by atoms with E-state index < -0.39 is 0 Å². The minimum absolute atomic E-state index is 0.619. The van der Waals surface area contributed by atoms with Crippen LogP contribution >= 0.6 is 0 Å². The Kier molecular flexibility index (Phi) is 3.21. The molecule has 88 valence electrons. The van der Waals surface area contributed by atoms with Crippen molar-refractivity contribution < 1.29 is 0 Å². The van der Waals surface area contributed by atoms with Crippen LogP contribution in [0.4, 0.5) is 0 Å². The lowest BCUT2D eigenvalue weighted by molar-refractivity contribution is -0.0974. The van der Waals surface area contributed by atoms with Crippen LogP contribution < -0.4 is 0 Å². The van der Waals surface area contributed by atoms with Crippen LogP contribution in [0, 0.1) is 5.41 Å². The first-order chi connectivity index (χ1) is 7.63. The molecule has 2 fully saturated rings. The van der Waals surface area contributed by atoms with Gasteiger partial charge in [-0.3, -0.25) is 14.9 Å². The third-order valence-electron chi connectivity index (χ3n) is 3.25. The molecule has 0 radical (unpaired) electrons. The van der Waals surface area contributed by atoms with Crippen molar-refractivity contribution in [3.8, 4) is 0 Å². The lowest BCUT2D eigenvalue weighted by Gasteiger charge is -2.59. The normalized spacial score (nSPS) is 25.8. The molecule has 2 aliphatic heterocycles. The Bertz CT molecular complexity index is 318. The number of aliphatic imine (C=N–C) groups is 2. The van der Waals surface area contributed by atoms with E-state index in [9.17, 15) is 0 Å². The van der Waals surface area contributed by atoms with E-state index in [4.69, 9.17) is 0 Å². The number of hydrogen-bond donors (Lipinski definition) is 0. The number of likely N-dealkylation sites (tertiary alicyclic amines) is 2. The summed E-state index contributed by atoms with van der Waals surface area (Å²) in [7, 11) is 2.19. The fourth-order valence-corrected chi connectivity index (χ4v) is 2.89. The van der Waals surface area contributed by atoms with E-state index in [1.165, 1.54) is 26.2 Å². The summed E-state index contributed by atoms with van der Waals surface area (Å²) in [5, 5.41) is 0. The molecule has 1 spiro atoms. The second-order valence-corrected chi connectivity index (χ2v) is 5.16. The van der Waals surface area contributed by atoms with Crippen molar-refractivity contribution in [3.05, 3.63) is 12.4 Å². The van der Waals surface area contributed by atoms with Crippen LogP contribution in [0.3, 0.4) is 0 Å². The zero-order valence-electron chi connectivity index (χ0n) is 10.2. The molecule has 0 aliphatic carbocycles. The minimum atomic E-state index is 0.619. The van der Waals surface area contributed by atoms with Gasteiger partial charge in [-0.05, 0) is 20.7 Å². The minimum Gasteiger partial charge on any atom is -0.305 e. The molecule has 0 N–H and O–H groups in total. The van der Waals surface area contributed by atoms with E-state index >= 15 is 0 Å². The fourth-order valence-electron chi connectivity index (χ4n) is 2.89. The highest BCUT2D eigenvalue weighted by molar-refractivity contribution is 5.84. The van der Waals surface area contributed by atoms with Crippen molar-refractivity contribution in [2.24, 2.45) is 15.4 Å². The molecule has 0 aromatic carbocycles. The number of hydrogen-bond acceptors (Lipinski definition) is 4. The van der Waals surface area contributed by atoms with Gasteiger partial charge in [-0.25, -0.2) is 0 Å². The van der Waals surface area contributed by atoms with Crippen molar-refractivity contribution in [1.82, 2.24) is 9.80 Å². The van der Waals surface area contributed by atoms with Gasteiger partial charge in [0.05, 0.1) is 0 Å². The average Bonchev–Trinajstić information content (AvgIpc) is 2.12. The molecule has 2 aliphatic rings. The Morgan fingerprint density at radius 3 is 2.56 bits per heavy atom. The maximum Gasteiger partial charge on any atom is 0.0450 e. The van der Waals surface area contributed by atoms with Crippen molar-refractivity contribution in [1.29, 1.82) is 0 Å². The lowest BCUT2D eigenvalue weighted by Crippen LogP contribution is -2.71. The summed E-state index contributed by atoms with van der Waals surface area (Å²) in [5.74, 6) is 0. The summed E-state index contributed by atoms with van der Waals surface area (Å²) in [6.07, 6.45) is 3.32. The SMILES string of the molecule is C=N/C=C\N=C(\C)CN1CC2(CN(C)C2)C1. The molecule has 0 amide bonds. The number of rotatable bonds is 4. The number of nitrogens with zero attached hydrogens (tertiary/aromatic N) is 4. The van der Waals surface area contributed by atoms with Gasteiger partial charge in [-0.2, -0.15) is 0 Å². The van der Waals surface area contributed by atoms with E-state index in [0.29, 0.717) is 5.41 Å². The highest BCUT2D eigenvalue weighted by Crippen LogP contribution is 2.38. The van der Waals surface area contributed by atoms with E-state index in [2.05, 4.69) is 40.5 Å². The lowest BCUT2D eigenvalue weighted by atomic mass is 9.73. The smallest absolute Gasteiger partial charge is 0.0450 e. The molecule has 16 heavy (non-hydrogen) atoms. The van der Waals surface area contributed by atoms with E-state index in [-0.39, 0.29) is 0 Å². The van der Waals surface area contributed by atoms with Gasteiger partial charge in [0, 0.05) is 56.3 Å². The molecular weight excluding hydrogens is 200 g/mol. The Balaban J connectivity index is 1.71. The maximum absolute atomic E-state index is 4.29. The van der Waals surface area contributed by atoms with Crippen LogP contribution in [0.1, 0.15) is 6.92 Å². The van der Waals surface area contributed by atoms with Crippen molar-refractivity contribution in [3.63, 3.8) is 0 Å². The molecule has 4 nitrogen and oxygen atoms in total. The van der Waals surface area contributed by atoms with Gasteiger partial charge >= 0.3 is 0 Å². The van der Waals surface area contributed by atoms with Crippen LogP contribution in [-0.4, -0.2) is 62.0 Å². The molecule has 0 unspecified atom stereocenters. The topological polar surface area (TPSA) is 31.2 Å². The average molecular weight is 220 g/mol. The van der Waals surface area contributed by atoms with Crippen LogP contribution in [-0.2, 0) is 0 Å². The predicted octanol–water partition coefficient (Wildman–Crippen LogP) is 0.867. The van der Waals surface area contributed by atoms with Crippen LogP contribution in [0.5, 0.6) is 0 Å². The maximum atomic E-state index is 4.29. The molecule has 4 heteroatoms. The summed E-state index contributed by atoms with van der Waals surface area (Å²) in [6.45, 7) is 11.4. The summed E-state index contributed by atoms with van der Waals surface area (Å²) in [6, 6.07) is 0. The molecule has 0 aromatic rings. The van der Waals surface area contributed by atoms with Crippen molar-refractivity contribution >= 4 is 12.4 Å². The molecule has 2 rings (SSSR count). The van der Waals surface area contributed by atoms with Gasteiger partial charge in [-0.15, -0.1) is 0 Å². The molecule has 0 bridgehead atoms. The molecule has 0 saturated carbocycles. The highest BCUT2D eigenvalue weighted by atomic mass is 15.3. The van der Waals surface area contributed by atoms with Gasteiger partial charge in [-0.1, -0.05) is 0 Å². The highest BCUT2D eigenvalue weighted by Gasteiger charge is 2.49. The van der Waals surface area contributed by atoms with E-state index in [1.807, 2.05) is 0 Å². The second kappa shape index (κ2) is 4.47. The Morgan fingerprint density at radius 1 is 1.31 bits per heavy atom. The molecule has 0 aromatic heterocycles. The molecule has 2 heterocycles. The second-order valence-electron chi connectivity index (χ2n) is 5.16. The summed E-state index contributed by atoms with van der Waals surface area (Å²) in [5.41, 5.74) is 1.76. The predicted molar refractivity (Wildman–Crippen MR) is 68.2 cm³/mol. The van der Waals surface area contributed by atoms with Gasteiger partial charge in [0.15, 0.2) is 0 Å². The Labute approximate surface area is 97.4 Å². The summed E-state index contributed by atoms with van der Waals surface area (Å²) >= 11 is 0. The summed E-state index contributed by atoms with van der Waals surface area (Å²) in [4.78, 5) is 12.8. The van der Waals surface area contributed by atoms with Crippen molar-refractivity contribution in [2.75, 3.05) is 39.8 Å². The first-order valence-corrected chi connectivity index (χ1v) is 5.69. The van der Waals surface area contributed by atoms with E-state index in [1.54, 1.807) is 12.4 Å². The van der Waals surface area contributed by atoms with E-state index in [0.717, 1.165) is 12.3 Å². The Morgan fingerprint density at radius 2 is 2.00 bits per heavy atom. The van der Waals surface area contributed by atoms with Crippen molar-refractivity contribution in [2.45, 2.75) is 6.92 Å². The van der Waals surface area contributed by atoms with Crippen LogP contribution in [0.15, 0.2) is 22.4 Å². The van der Waals surface area contributed by atoms with Gasteiger partial charge < -0.3 is 4.90 Å². The van der Waals surface area contributed by atoms with Gasteiger partial charge in [0.2, 0.25) is 0 Å². The monoisotopic (exact) mass is 220 g/mol. The zero-order chi connectivity index (χ0) is 11.6. The largest absolute Gasteiger partial charge is 0.305 e. The fraction of sp³-hybridized carbons (Fsp3) is 0.667. The zero-order valence-corrected chi connectivity index (χ0v) is 10.2. The molecule has 0 atom stereocenters.